The third kappa shape index (κ3) is 10.0. The van der Waals surface area contributed by atoms with E-state index in [1.165, 1.54) is 12.1 Å². The molecule has 0 radical (unpaired) electrons. The molecule has 0 N–H and O–H groups in total. The molecule has 318 valence electrons. The van der Waals surface area contributed by atoms with Crippen LogP contribution in [0.5, 0.6) is 5.75 Å². The summed E-state index contributed by atoms with van der Waals surface area (Å²) < 4.78 is 106. The van der Waals surface area contributed by atoms with Crippen LogP contribution in [0, 0.1) is 5.41 Å². The van der Waals surface area contributed by atoms with Gasteiger partial charge in [-0.3, -0.25) is 4.98 Å². The van der Waals surface area contributed by atoms with E-state index in [4.69, 9.17) is 19.2 Å². The highest BCUT2D eigenvalue weighted by atomic mass is 19.4. The minimum Gasteiger partial charge on any atom is -0.497 e. The molecule has 2 fully saturated rings. The molecule has 4 aromatic rings. The molecule has 2 atom stereocenters. The quantitative estimate of drug-likeness (QED) is 0.132. The van der Waals surface area contributed by atoms with E-state index in [0.29, 0.717) is 73.9 Å². The van der Waals surface area contributed by atoms with Gasteiger partial charge in [0.15, 0.2) is 6.17 Å². The second-order valence-electron chi connectivity index (χ2n) is 17.5. The molecule has 0 bridgehead atoms. The van der Waals surface area contributed by atoms with Crippen LogP contribution >= 0.6 is 0 Å². The third-order valence-electron chi connectivity index (χ3n) is 12.1. The molecule has 13 heteroatoms. The average molecular weight is 825 g/mol. The number of pyridine rings is 1. The highest BCUT2D eigenvalue weighted by Gasteiger charge is 2.44. The molecule has 7 rings (SSSR count). The van der Waals surface area contributed by atoms with Crippen molar-refractivity contribution in [2.24, 2.45) is 5.41 Å². The first-order chi connectivity index (χ1) is 28.0. The van der Waals surface area contributed by atoms with Crippen LogP contribution in [0.1, 0.15) is 147 Å². The monoisotopic (exact) mass is 824 g/mol. The number of aromatic nitrogens is 3. The largest absolute Gasteiger partial charge is 0.497 e. The lowest BCUT2D eigenvalue weighted by atomic mass is 9.68. The van der Waals surface area contributed by atoms with Crippen LogP contribution in [0.3, 0.4) is 0 Å². The van der Waals surface area contributed by atoms with Crippen molar-refractivity contribution in [3.05, 3.63) is 111 Å². The lowest BCUT2D eigenvalue weighted by Crippen LogP contribution is -2.36. The molecule has 0 spiro atoms. The van der Waals surface area contributed by atoms with Gasteiger partial charge in [0, 0.05) is 66.6 Å². The van der Waals surface area contributed by atoms with Crippen molar-refractivity contribution in [2.45, 2.75) is 135 Å². The second-order valence-corrected chi connectivity index (χ2v) is 17.5. The number of benzene rings is 2. The van der Waals surface area contributed by atoms with Gasteiger partial charge in [-0.15, -0.1) is 0 Å². The smallest absolute Gasteiger partial charge is 0.416 e. The summed E-state index contributed by atoms with van der Waals surface area (Å²) in [6.45, 7) is 9.99. The summed E-state index contributed by atoms with van der Waals surface area (Å²) in [7, 11) is 1.60. The van der Waals surface area contributed by atoms with Gasteiger partial charge in [-0.2, -0.15) is 13.2 Å². The fraction of sp³-hybridized carbons (Fsp3) is 0.543. The summed E-state index contributed by atoms with van der Waals surface area (Å²) in [6, 6.07) is 11.7. The van der Waals surface area contributed by atoms with Crippen molar-refractivity contribution in [1.82, 2.24) is 15.0 Å². The zero-order valence-corrected chi connectivity index (χ0v) is 34.4. The summed E-state index contributed by atoms with van der Waals surface area (Å²) in [5, 5.41) is 0. The number of alkyl halides is 6. The van der Waals surface area contributed by atoms with E-state index in [1.54, 1.807) is 19.5 Å². The Labute approximate surface area is 342 Å². The number of rotatable bonds is 12. The molecule has 1 saturated carbocycles. The zero-order chi connectivity index (χ0) is 42.1. The molecule has 3 heterocycles. The summed E-state index contributed by atoms with van der Waals surface area (Å²) in [6.07, 6.45) is -1.47. The lowest BCUT2D eigenvalue weighted by molar-refractivity contribution is -0.137. The number of hydrogen-bond acceptors (Lipinski definition) is 7. The van der Waals surface area contributed by atoms with Crippen LogP contribution < -0.4 is 9.64 Å². The number of piperidine rings is 1. The van der Waals surface area contributed by atoms with Gasteiger partial charge in [-0.05, 0) is 105 Å². The number of anilines is 1. The highest BCUT2D eigenvalue weighted by Crippen LogP contribution is 2.53. The third-order valence-corrected chi connectivity index (χ3v) is 12.1. The van der Waals surface area contributed by atoms with Gasteiger partial charge in [0.2, 0.25) is 11.9 Å². The predicted molar refractivity (Wildman–Crippen MR) is 214 cm³/mol. The Morgan fingerprint density at radius 2 is 1.47 bits per heavy atom. The van der Waals surface area contributed by atoms with Crippen molar-refractivity contribution < 1.29 is 40.6 Å². The van der Waals surface area contributed by atoms with E-state index >= 15 is 4.39 Å². The van der Waals surface area contributed by atoms with Crippen LogP contribution in [-0.4, -0.2) is 47.2 Å². The Morgan fingerprint density at radius 1 is 0.831 bits per heavy atom. The lowest BCUT2D eigenvalue weighted by Gasteiger charge is -2.42. The molecule has 2 aromatic heterocycles. The van der Waals surface area contributed by atoms with Crippen molar-refractivity contribution in [1.29, 1.82) is 0 Å². The van der Waals surface area contributed by atoms with Crippen molar-refractivity contribution in [2.75, 3.05) is 25.1 Å². The van der Waals surface area contributed by atoms with Crippen molar-refractivity contribution in [3.63, 3.8) is 0 Å². The number of hydrogen-bond donors (Lipinski definition) is 0. The van der Waals surface area contributed by atoms with Gasteiger partial charge >= 0.3 is 6.18 Å². The summed E-state index contributed by atoms with van der Waals surface area (Å²) in [4.78, 5) is 16.7. The highest BCUT2D eigenvalue weighted by molar-refractivity contribution is 5.51. The van der Waals surface area contributed by atoms with E-state index in [0.717, 1.165) is 34.5 Å². The molecular formula is C46H54F6N4O3. The molecule has 2 aromatic carbocycles. The molecular weight excluding hydrogens is 771 g/mol. The van der Waals surface area contributed by atoms with Gasteiger partial charge in [0.25, 0.3) is 0 Å². The number of ether oxygens (including phenoxy) is 3. The summed E-state index contributed by atoms with van der Waals surface area (Å²) in [5.41, 5.74) is 3.70. The number of halogens is 6. The summed E-state index contributed by atoms with van der Waals surface area (Å²) in [5.74, 6) is -2.20. The topological polar surface area (TPSA) is 69.6 Å². The SMILES string of the molecule is COc1ccc(CO[C@H]2CC(C)(C)Cc3nc(C4CCN(c5ncc(COC(C)C)cn5)CC4)c([C@@H](F)c4ccc(C(F)(F)F)cc4)c(C4CCC(F)(F)CC4)c32)cc1. The van der Waals surface area contributed by atoms with Gasteiger partial charge in [-0.25, -0.2) is 23.1 Å². The van der Waals surface area contributed by atoms with Gasteiger partial charge in [0.1, 0.15) is 5.75 Å². The van der Waals surface area contributed by atoms with E-state index in [2.05, 4.69) is 28.7 Å². The minimum atomic E-state index is -4.59. The molecule has 59 heavy (non-hydrogen) atoms. The maximum absolute atomic E-state index is 17.8. The fourth-order valence-corrected chi connectivity index (χ4v) is 8.94. The minimum absolute atomic E-state index is 0.0580. The van der Waals surface area contributed by atoms with Gasteiger partial charge in [0.05, 0.1) is 43.8 Å². The molecule has 0 unspecified atom stereocenters. The molecule has 2 aliphatic carbocycles. The Balaban J connectivity index is 1.31. The molecule has 7 nitrogen and oxygen atoms in total. The van der Waals surface area contributed by atoms with Crippen LogP contribution in [0.2, 0.25) is 0 Å². The molecule has 1 saturated heterocycles. The van der Waals surface area contributed by atoms with E-state index < -0.39 is 35.9 Å². The van der Waals surface area contributed by atoms with Crippen LogP contribution in [-0.2, 0) is 35.3 Å². The predicted octanol–water partition coefficient (Wildman–Crippen LogP) is 11.8. The Morgan fingerprint density at radius 3 is 2.07 bits per heavy atom. The zero-order valence-electron chi connectivity index (χ0n) is 34.4. The second kappa shape index (κ2) is 17.4. The fourth-order valence-electron chi connectivity index (χ4n) is 8.94. The standard InChI is InChI=1S/C46H54F6N4O3/c1-28(2)58-27-30-24-53-43(54-25-30)56-20-16-33(17-21-56)42-40(41(47)32-8-10-34(11-9-32)46(50,51)52)38(31-14-18-45(48,49)19-15-31)39-36(55-42)22-44(3,4)23-37(39)59-26-29-6-12-35(57-5)13-7-29/h6-13,24-25,28,31,33,37,41H,14-23,26-27H2,1-5H3/t37-,41-/m0/s1. The van der Waals surface area contributed by atoms with Crippen molar-refractivity contribution >= 4 is 5.95 Å². The Bertz CT molecular complexity index is 2020. The maximum Gasteiger partial charge on any atom is 0.416 e. The number of methoxy groups -OCH3 is 1. The van der Waals surface area contributed by atoms with E-state index in [-0.39, 0.29) is 55.3 Å². The number of fused-ring (bicyclic) bond motifs is 1. The van der Waals surface area contributed by atoms with Crippen LogP contribution in [0.15, 0.2) is 60.9 Å². The van der Waals surface area contributed by atoms with Crippen LogP contribution in [0.4, 0.5) is 32.3 Å². The van der Waals surface area contributed by atoms with Gasteiger partial charge in [-0.1, -0.05) is 38.1 Å². The van der Waals surface area contributed by atoms with Crippen LogP contribution in [0.25, 0.3) is 0 Å². The van der Waals surface area contributed by atoms with Gasteiger partial charge < -0.3 is 19.1 Å². The first kappa shape index (κ1) is 42.9. The average Bonchev–Trinajstić information content (AvgIpc) is 3.21. The summed E-state index contributed by atoms with van der Waals surface area (Å²) >= 11 is 0. The first-order valence-corrected chi connectivity index (χ1v) is 20.7. The first-order valence-electron chi connectivity index (χ1n) is 20.7. The Kier molecular flexibility index (Phi) is 12.6. The Hall–Kier alpha value is -4.23. The van der Waals surface area contributed by atoms with E-state index in [9.17, 15) is 22.0 Å². The van der Waals surface area contributed by atoms with Crippen molar-refractivity contribution in [3.8, 4) is 5.75 Å². The van der Waals surface area contributed by atoms with E-state index in [1.807, 2.05) is 38.1 Å². The molecule has 0 amide bonds. The molecule has 1 aliphatic heterocycles. The maximum atomic E-state index is 17.8. The number of nitrogens with zero attached hydrogens (tertiary/aromatic N) is 4. The molecule has 3 aliphatic rings. The normalized spacial score (nSPS) is 20.4.